The lowest BCUT2D eigenvalue weighted by Gasteiger charge is -2.33. The van der Waals surface area contributed by atoms with E-state index in [-0.39, 0.29) is 35.2 Å². The van der Waals surface area contributed by atoms with Crippen LogP contribution >= 0.6 is 23.1 Å². The van der Waals surface area contributed by atoms with Crippen LogP contribution in [0, 0.1) is 0 Å². The van der Waals surface area contributed by atoms with E-state index >= 15 is 0 Å². The predicted octanol–water partition coefficient (Wildman–Crippen LogP) is 2.70. The summed E-state index contributed by atoms with van der Waals surface area (Å²) in [6.07, 6.45) is 1.28. The van der Waals surface area contributed by atoms with Crippen molar-refractivity contribution in [3.63, 3.8) is 0 Å². The Morgan fingerprint density at radius 2 is 2.31 bits per heavy atom. The molecule has 0 unspecified atom stereocenters. The van der Waals surface area contributed by atoms with Crippen molar-refractivity contribution >= 4 is 38.8 Å². The first-order chi connectivity index (χ1) is 12.4. The summed E-state index contributed by atoms with van der Waals surface area (Å²) in [5.41, 5.74) is 0. The van der Waals surface area contributed by atoms with Gasteiger partial charge in [-0.1, -0.05) is 24.8 Å². The van der Waals surface area contributed by atoms with Crippen LogP contribution < -0.4 is 0 Å². The Kier molecular flexibility index (Phi) is 6.03. The highest BCUT2D eigenvalue weighted by Crippen LogP contribution is 2.28. The molecule has 1 fully saturated rings. The Bertz CT molecular complexity index is 848. The van der Waals surface area contributed by atoms with E-state index in [0.29, 0.717) is 17.5 Å². The number of thiophene rings is 1. The van der Waals surface area contributed by atoms with Gasteiger partial charge in [-0.15, -0.1) is 21.5 Å². The van der Waals surface area contributed by atoms with Crippen LogP contribution in [0.4, 0.5) is 0 Å². The molecule has 0 N–H and O–H groups in total. The first kappa shape index (κ1) is 19.4. The van der Waals surface area contributed by atoms with Crippen LogP contribution in [0.5, 0.6) is 0 Å². The van der Waals surface area contributed by atoms with Crippen molar-refractivity contribution in [2.45, 2.75) is 44.0 Å². The Morgan fingerprint density at radius 3 is 2.92 bits per heavy atom. The Morgan fingerprint density at radius 1 is 1.50 bits per heavy atom. The molecule has 0 saturated carbocycles. The minimum atomic E-state index is -3.05. The number of amides is 1. The quantitative estimate of drug-likeness (QED) is 0.642. The van der Waals surface area contributed by atoms with E-state index in [1.54, 1.807) is 4.90 Å². The van der Waals surface area contributed by atoms with Crippen molar-refractivity contribution in [1.29, 1.82) is 0 Å². The number of rotatable bonds is 7. The van der Waals surface area contributed by atoms with Crippen LogP contribution in [0.15, 0.2) is 27.2 Å². The number of sulfone groups is 1. The number of hydrogen-bond acceptors (Lipinski definition) is 8. The van der Waals surface area contributed by atoms with E-state index in [4.69, 9.17) is 4.42 Å². The summed E-state index contributed by atoms with van der Waals surface area (Å²) in [6, 6.07) is 3.54. The summed E-state index contributed by atoms with van der Waals surface area (Å²) in [6.45, 7) is 3.95. The lowest BCUT2D eigenvalue weighted by atomic mass is 10.1. The standard InChI is InChI=1S/C16H21N3O4S3/c1-3-11(2)19(12-6-8-26(21,22)10-12)14(20)9-25-16-18-17-15(23-16)13-5-4-7-24-13/h4-5,7,11-12H,3,6,8-10H2,1-2H3/t11-,12+/m1/s1. The third-order valence-electron chi connectivity index (χ3n) is 4.41. The Balaban J connectivity index is 1.64. The number of carbonyl (C=O) groups is 1. The molecular formula is C16H21N3O4S3. The molecule has 7 nitrogen and oxygen atoms in total. The van der Waals surface area contributed by atoms with Crippen molar-refractivity contribution in [1.82, 2.24) is 15.1 Å². The summed E-state index contributed by atoms with van der Waals surface area (Å²) < 4.78 is 29.2. The SMILES string of the molecule is CC[C@@H](C)N(C(=O)CSc1nnc(-c2cccs2)o1)[C@H]1CCS(=O)(=O)C1. The number of carbonyl (C=O) groups excluding carboxylic acids is 1. The van der Waals surface area contributed by atoms with Crippen molar-refractivity contribution in [2.75, 3.05) is 17.3 Å². The first-order valence-electron chi connectivity index (χ1n) is 8.41. The maximum atomic E-state index is 12.8. The maximum absolute atomic E-state index is 12.8. The van der Waals surface area contributed by atoms with Gasteiger partial charge < -0.3 is 9.32 Å². The molecule has 3 rings (SSSR count). The summed E-state index contributed by atoms with van der Waals surface area (Å²) >= 11 is 2.69. The van der Waals surface area contributed by atoms with Crippen molar-refractivity contribution < 1.29 is 17.6 Å². The van der Waals surface area contributed by atoms with Crippen LogP contribution in [0.2, 0.25) is 0 Å². The highest BCUT2D eigenvalue weighted by Gasteiger charge is 2.36. The maximum Gasteiger partial charge on any atom is 0.277 e. The minimum absolute atomic E-state index is 0.00855. The molecule has 0 aromatic carbocycles. The fourth-order valence-electron chi connectivity index (χ4n) is 2.97. The summed E-state index contributed by atoms with van der Waals surface area (Å²) in [5.74, 6) is 0.695. The van der Waals surface area contributed by atoms with Gasteiger partial charge in [0.1, 0.15) is 0 Å². The first-order valence-corrected chi connectivity index (χ1v) is 12.1. The van der Waals surface area contributed by atoms with E-state index < -0.39 is 9.84 Å². The van der Waals surface area contributed by atoms with Gasteiger partial charge in [0.15, 0.2) is 9.84 Å². The van der Waals surface area contributed by atoms with Crippen molar-refractivity contribution in [3.05, 3.63) is 17.5 Å². The number of nitrogens with zero attached hydrogens (tertiary/aromatic N) is 3. The molecule has 0 bridgehead atoms. The van der Waals surface area contributed by atoms with E-state index in [2.05, 4.69) is 10.2 Å². The molecule has 0 aliphatic carbocycles. The summed E-state index contributed by atoms with van der Waals surface area (Å²) in [4.78, 5) is 15.4. The molecule has 3 heterocycles. The van der Waals surface area contributed by atoms with Crippen LogP contribution in [-0.2, 0) is 14.6 Å². The number of hydrogen-bond donors (Lipinski definition) is 0. The van der Waals surface area contributed by atoms with Gasteiger partial charge in [0, 0.05) is 12.1 Å². The van der Waals surface area contributed by atoms with Crippen LogP contribution in [0.1, 0.15) is 26.7 Å². The monoisotopic (exact) mass is 415 g/mol. The molecule has 0 radical (unpaired) electrons. The average molecular weight is 416 g/mol. The van der Waals surface area contributed by atoms with Gasteiger partial charge in [0.05, 0.1) is 22.1 Å². The van der Waals surface area contributed by atoms with Crippen molar-refractivity contribution in [3.8, 4) is 10.8 Å². The van der Waals surface area contributed by atoms with Gasteiger partial charge in [-0.2, -0.15) is 0 Å². The lowest BCUT2D eigenvalue weighted by Crippen LogP contribution is -2.47. The molecule has 2 aromatic rings. The van der Waals surface area contributed by atoms with Crippen molar-refractivity contribution in [2.24, 2.45) is 0 Å². The molecular weight excluding hydrogens is 394 g/mol. The zero-order chi connectivity index (χ0) is 18.7. The Labute approximate surface area is 161 Å². The van der Waals surface area contributed by atoms with Gasteiger partial charge in [-0.3, -0.25) is 4.79 Å². The topological polar surface area (TPSA) is 93.4 Å². The van der Waals surface area contributed by atoms with Gasteiger partial charge in [0.25, 0.3) is 11.1 Å². The third kappa shape index (κ3) is 4.47. The molecule has 2 aromatic heterocycles. The number of aromatic nitrogens is 2. The second-order valence-electron chi connectivity index (χ2n) is 6.25. The van der Waals surface area contributed by atoms with Gasteiger partial charge in [0.2, 0.25) is 5.91 Å². The van der Waals surface area contributed by atoms with Crippen LogP contribution in [-0.4, -0.2) is 58.8 Å². The second kappa shape index (κ2) is 8.10. The van der Waals surface area contributed by atoms with E-state index in [1.807, 2.05) is 31.4 Å². The lowest BCUT2D eigenvalue weighted by molar-refractivity contribution is -0.132. The fourth-order valence-corrected chi connectivity index (χ4v) is 5.95. The zero-order valence-electron chi connectivity index (χ0n) is 14.6. The smallest absolute Gasteiger partial charge is 0.277 e. The summed E-state index contributed by atoms with van der Waals surface area (Å²) in [7, 11) is -3.05. The zero-order valence-corrected chi connectivity index (χ0v) is 17.1. The molecule has 26 heavy (non-hydrogen) atoms. The fraction of sp³-hybridized carbons (Fsp3) is 0.562. The van der Waals surface area contributed by atoms with Crippen LogP contribution in [0.25, 0.3) is 10.8 Å². The highest BCUT2D eigenvalue weighted by molar-refractivity contribution is 7.99. The largest absolute Gasteiger partial charge is 0.410 e. The molecule has 2 atom stereocenters. The molecule has 10 heteroatoms. The Hall–Kier alpha value is -1.39. The van der Waals surface area contributed by atoms with E-state index in [1.165, 1.54) is 23.1 Å². The minimum Gasteiger partial charge on any atom is -0.410 e. The van der Waals surface area contributed by atoms with Gasteiger partial charge in [-0.05, 0) is 31.2 Å². The molecule has 0 spiro atoms. The molecule has 1 aliphatic heterocycles. The molecule has 1 amide bonds. The second-order valence-corrected chi connectivity index (χ2v) is 10.4. The third-order valence-corrected chi connectivity index (χ3v) is 7.82. The van der Waals surface area contributed by atoms with Gasteiger partial charge in [-0.25, -0.2) is 8.42 Å². The molecule has 142 valence electrons. The van der Waals surface area contributed by atoms with Crippen LogP contribution in [0.3, 0.4) is 0 Å². The van der Waals surface area contributed by atoms with E-state index in [9.17, 15) is 13.2 Å². The average Bonchev–Trinajstić information content (AvgIpc) is 3.33. The highest BCUT2D eigenvalue weighted by atomic mass is 32.2. The van der Waals surface area contributed by atoms with Gasteiger partial charge >= 0.3 is 0 Å². The van der Waals surface area contributed by atoms with E-state index in [0.717, 1.165) is 11.3 Å². The molecule has 1 saturated heterocycles. The number of thioether (sulfide) groups is 1. The normalized spacial score (nSPS) is 20.2. The molecule has 1 aliphatic rings. The predicted molar refractivity (Wildman–Crippen MR) is 102 cm³/mol. The summed E-state index contributed by atoms with van der Waals surface area (Å²) in [5, 5.41) is 10.2.